The topological polar surface area (TPSA) is 98.0 Å². The summed E-state index contributed by atoms with van der Waals surface area (Å²) in [5, 5.41) is 1.58. The molecule has 0 aliphatic rings. The molecule has 2 aromatic rings. The van der Waals surface area contributed by atoms with Crippen LogP contribution in [0.25, 0.3) is 0 Å². The fourth-order valence-electron chi connectivity index (χ4n) is 1.22. The molecule has 0 bridgehead atoms. The number of aromatic nitrogens is 2. The van der Waals surface area contributed by atoms with Crippen molar-refractivity contribution in [3.05, 3.63) is 35.2 Å². The molecule has 6 nitrogen and oxygen atoms in total. The molecule has 3 N–H and O–H groups in total. The third-order valence-corrected chi connectivity index (χ3v) is 5.00. The smallest absolute Gasteiger partial charge is 0.250 e. The van der Waals surface area contributed by atoms with Gasteiger partial charge in [0, 0.05) is 17.3 Å². The van der Waals surface area contributed by atoms with Gasteiger partial charge in [0.1, 0.15) is 4.21 Å². The largest absolute Gasteiger partial charge is 0.398 e. The molecule has 0 aromatic carbocycles. The minimum absolute atomic E-state index is 0.105. The van der Waals surface area contributed by atoms with Crippen molar-refractivity contribution in [2.75, 3.05) is 5.73 Å². The Morgan fingerprint density at radius 1 is 1.39 bits per heavy atom. The predicted molar refractivity (Wildman–Crippen MR) is 69.5 cm³/mol. The molecule has 0 spiro atoms. The summed E-state index contributed by atoms with van der Waals surface area (Å²) < 4.78 is 26.4. The van der Waals surface area contributed by atoms with E-state index in [9.17, 15) is 8.42 Å². The van der Waals surface area contributed by atoms with Gasteiger partial charge < -0.3 is 5.73 Å². The van der Waals surface area contributed by atoms with Gasteiger partial charge in [-0.3, -0.25) is 9.97 Å². The summed E-state index contributed by atoms with van der Waals surface area (Å²) in [6.07, 6.45) is 3.13. The number of nitrogens with two attached hydrogens (primary N) is 1. The predicted octanol–water partition coefficient (Wildman–Crippen LogP) is 0.907. The summed E-state index contributed by atoms with van der Waals surface area (Å²) in [4.78, 5) is 8.11. The molecule has 18 heavy (non-hydrogen) atoms. The van der Waals surface area contributed by atoms with Gasteiger partial charge in [0.15, 0.2) is 0 Å². The van der Waals surface area contributed by atoms with Crippen LogP contribution in [0.1, 0.15) is 11.4 Å². The molecule has 0 saturated carbocycles. The van der Waals surface area contributed by atoms with Crippen molar-refractivity contribution in [3.8, 4) is 0 Å². The molecule has 0 fully saturated rings. The highest BCUT2D eigenvalue weighted by Gasteiger charge is 2.16. The van der Waals surface area contributed by atoms with Crippen LogP contribution in [-0.4, -0.2) is 18.4 Å². The number of rotatable bonds is 4. The number of nitrogens with zero attached hydrogens (tertiary/aromatic N) is 2. The van der Waals surface area contributed by atoms with E-state index in [1.165, 1.54) is 6.07 Å². The molecule has 2 aromatic heterocycles. The van der Waals surface area contributed by atoms with E-state index in [0.717, 1.165) is 17.0 Å². The average Bonchev–Trinajstić information content (AvgIpc) is 2.76. The summed E-state index contributed by atoms with van der Waals surface area (Å²) in [6.45, 7) is 1.92. The van der Waals surface area contributed by atoms with Crippen LogP contribution >= 0.6 is 11.3 Å². The molecule has 0 saturated heterocycles. The van der Waals surface area contributed by atoms with Gasteiger partial charge in [-0.1, -0.05) is 0 Å². The summed E-state index contributed by atoms with van der Waals surface area (Å²) in [5.41, 5.74) is 7.28. The van der Waals surface area contributed by atoms with Crippen LogP contribution in [0.5, 0.6) is 0 Å². The van der Waals surface area contributed by atoms with E-state index in [-0.39, 0.29) is 10.8 Å². The molecule has 0 amide bonds. The zero-order valence-electron chi connectivity index (χ0n) is 9.62. The number of thiophene rings is 1. The number of nitrogens with one attached hydrogen (secondary N) is 1. The fraction of sp³-hybridized carbons (Fsp3) is 0.200. The van der Waals surface area contributed by atoms with Gasteiger partial charge in [-0.25, -0.2) is 13.1 Å². The van der Waals surface area contributed by atoms with Crippen LogP contribution in [-0.2, 0) is 16.6 Å². The lowest BCUT2D eigenvalue weighted by Crippen LogP contribution is -2.23. The van der Waals surface area contributed by atoms with Crippen molar-refractivity contribution in [2.24, 2.45) is 0 Å². The van der Waals surface area contributed by atoms with Gasteiger partial charge in [0.25, 0.3) is 0 Å². The number of nitrogen functional groups attached to an aromatic ring is 1. The van der Waals surface area contributed by atoms with Crippen LogP contribution in [0.3, 0.4) is 0 Å². The summed E-state index contributed by atoms with van der Waals surface area (Å²) in [6, 6.07) is 1.42. The summed E-state index contributed by atoms with van der Waals surface area (Å²) in [5.74, 6) is 0. The van der Waals surface area contributed by atoms with Crippen molar-refractivity contribution >= 4 is 27.0 Å². The van der Waals surface area contributed by atoms with Gasteiger partial charge in [-0.15, -0.1) is 11.3 Å². The monoisotopic (exact) mass is 284 g/mol. The highest BCUT2D eigenvalue weighted by Crippen LogP contribution is 2.21. The van der Waals surface area contributed by atoms with Crippen molar-refractivity contribution in [3.63, 3.8) is 0 Å². The first-order valence-corrected chi connectivity index (χ1v) is 7.45. The van der Waals surface area contributed by atoms with Crippen molar-refractivity contribution < 1.29 is 8.42 Å². The molecule has 0 aliphatic carbocycles. The van der Waals surface area contributed by atoms with Crippen LogP contribution in [0.15, 0.2) is 28.0 Å². The van der Waals surface area contributed by atoms with Gasteiger partial charge in [-0.2, -0.15) is 0 Å². The Morgan fingerprint density at radius 3 is 2.72 bits per heavy atom. The third-order valence-electron chi connectivity index (χ3n) is 2.14. The number of aryl methyl sites for hydroxylation is 1. The Balaban J connectivity index is 2.08. The number of hydrogen-bond acceptors (Lipinski definition) is 6. The second-order valence-corrected chi connectivity index (χ2v) is 6.58. The van der Waals surface area contributed by atoms with E-state index in [1.807, 2.05) is 6.92 Å². The maximum atomic E-state index is 11.9. The second-order valence-electron chi connectivity index (χ2n) is 3.67. The lowest BCUT2D eigenvalue weighted by atomic mass is 10.4. The lowest BCUT2D eigenvalue weighted by molar-refractivity contribution is 0.582. The molecule has 2 heterocycles. The molecular formula is C10H12N4O2S2. The van der Waals surface area contributed by atoms with Crippen molar-refractivity contribution in [1.82, 2.24) is 14.7 Å². The van der Waals surface area contributed by atoms with E-state index in [0.29, 0.717) is 11.4 Å². The minimum atomic E-state index is -3.53. The first-order valence-electron chi connectivity index (χ1n) is 5.08. The van der Waals surface area contributed by atoms with E-state index < -0.39 is 10.0 Å². The average molecular weight is 284 g/mol. The Labute approximate surface area is 109 Å². The Bertz CT molecular complexity index is 634. The van der Waals surface area contributed by atoms with E-state index in [4.69, 9.17) is 5.73 Å². The Kier molecular flexibility index (Phi) is 3.60. The van der Waals surface area contributed by atoms with E-state index >= 15 is 0 Å². The number of hydrogen-bond donors (Lipinski definition) is 2. The normalized spacial score (nSPS) is 11.6. The SMILES string of the molecule is Cc1cnc(CNS(=O)(=O)c2cc(N)cs2)cn1. The first-order chi connectivity index (χ1) is 8.47. The number of sulfonamides is 1. The maximum absolute atomic E-state index is 11.9. The van der Waals surface area contributed by atoms with Crippen LogP contribution < -0.4 is 10.5 Å². The van der Waals surface area contributed by atoms with Crippen molar-refractivity contribution in [2.45, 2.75) is 17.7 Å². The summed E-state index contributed by atoms with van der Waals surface area (Å²) in [7, 11) is -3.53. The minimum Gasteiger partial charge on any atom is -0.398 e. The Hall–Kier alpha value is -1.51. The van der Waals surface area contributed by atoms with E-state index in [2.05, 4.69) is 14.7 Å². The van der Waals surface area contributed by atoms with Gasteiger partial charge in [0.05, 0.1) is 24.1 Å². The maximum Gasteiger partial charge on any atom is 0.250 e. The molecule has 0 radical (unpaired) electrons. The highest BCUT2D eigenvalue weighted by molar-refractivity contribution is 7.91. The van der Waals surface area contributed by atoms with Gasteiger partial charge in [0.2, 0.25) is 10.0 Å². The highest BCUT2D eigenvalue weighted by atomic mass is 32.2. The summed E-state index contributed by atoms with van der Waals surface area (Å²) >= 11 is 1.08. The molecule has 0 unspecified atom stereocenters. The lowest BCUT2D eigenvalue weighted by Gasteiger charge is -2.03. The van der Waals surface area contributed by atoms with Gasteiger partial charge in [-0.05, 0) is 13.0 Å². The van der Waals surface area contributed by atoms with Crippen LogP contribution in [0, 0.1) is 6.92 Å². The standard InChI is InChI=1S/C10H12N4O2S2/c1-7-3-13-9(4-12-7)5-14-18(15,16)10-2-8(11)6-17-10/h2-4,6,14H,5,11H2,1H3. The Morgan fingerprint density at radius 2 is 2.17 bits per heavy atom. The number of anilines is 1. The van der Waals surface area contributed by atoms with Crippen molar-refractivity contribution in [1.29, 1.82) is 0 Å². The molecule has 2 rings (SSSR count). The van der Waals surface area contributed by atoms with Crippen LogP contribution in [0.2, 0.25) is 0 Å². The molecule has 0 aliphatic heterocycles. The molecule has 96 valence electrons. The van der Waals surface area contributed by atoms with E-state index in [1.54, 1.807) is 17.8 Å². The van der Waals surface area contributed by atoms with Gasteiger partial charge >= 0.3 is 0 Å². The fourth-order valence-corrected chi connectivity index (χ4v) is 3.35. The first kappa shape index (κ1) is 12.9. The second kappa shape index (κ2) is 5.01. The zero-order chi connectivity index (χ0) is 13.2. The van der Waals surface area contributed by atoms with Crippen LogP contribution in [0.4, 0.5) is 5.69 Å². The molecule has 8 heteroatoms. The third kappa shape index (κ3) is 3.03. The quantitative estimate of drug-likeness (QED) is 0.869. The molecule has 0 atom stereocenters. The molecular weight excluding hydrogens is 272 g/mol. The zero-order valence-corrected chi connectivity index (χ0v) is 11.3.